The molecule has 1 aliphatic heterocycles. The molecule has 0 aromatic heterocycles. The van der Waals surface area contributed by atoms with Gasteiger partial charge in [-0.2, -0.15) is 0 Å². The number of ether oxygens (including phenoxy) is 1. The quantitative estimate of drug-likeness (QED) is 0.827. The van der Waals surface area contributed by atoms with Crippen LogP contribution >= 0.6 is 0 Å². The van der Waals surface area contributed by atoms with E-state index in [1.54, 1.807) is 12.1 Å². The van der Waals surface area contributed by atoms with Crippen molar-refractivity contribution in [2.24, 2.45) is 0 Å². The van der Waals surface area contributed by atoms with Gasteiger partial charge < -0.3 is 10.1 Å². The fourth-order valence-electron chi connectivity index (χ4n) is 3.56. The van der Waals surface area contributed by atoms with Crippen molar-refractivity contribution >= 4 is 17.3 Å². The number of ketones is 2. The van der Waals surface area contributed by atoms with Gasteiger partial charge in [-0.05, 0) is 5.56 Å². The first kappa shape index (κ1) is 17.6. The van der Waals surface area contributed by atoms with Crippen LogP contribution in [0.2, 0.25) is 0 Å². The van der Waals surface area contributed by atoms with Crippen LogP contribution in [0.25, 0.3) is 5.70 Å². The smallest absolute Gasteiger partial charge is 0.233 e. The Bertz CT molecular complexity index is 883. The maximum atomic E-state index is 12.9. The molecule has 2 aliphatic rings. The normalized spacial score (nSPS) is 17.8. The summed E-state index contributed by atoms with van der Waals surface area (Å²) < 4.78 is 5.40. The van der Waals surface area contributed by atoms with E-state index in [-0.39, 0.29) is 0 Å². The van der Waals surface area contributed by atoms with Crippen LogP contribution in [0.4, 0.5) is 0 Å². The minimum Gasteiger partial charge on any atom is -0.380 e. The van der Waals surface area contributed by atoms with E-state index in [9.17, 15) is 9.59 Å². The largest absolute Gasteiger partial charge is 0.380 e. The van der Waals surface area contributed by atoms with Crippen LogP contribution in [0.1, 0.15) is 21.5 Å². The van der Waals surface area contributed by atoms with E-state index in [4.69, 9.17) is 4.74 Å². The molecule has 27 heavy (non-hydrogen) atoms. The van der Waals surface area contributed by atoms with E-state index < -0.39 is 11.6 Å². The maximum absolute atomic E-state index is 12.9. The van der Waals surface area contributed by atoms with Crippen LogP contribution in [0.15, 0.2) is 60.2 Å². The molecule has 1 aliphatic carbocycles. The predicted octanol–water partition coefficient (Wildman–Crippen LogP) is 2.29. The molecule has 5 nitrogen and oxygen atoms in total. The highest BCUT2D eigenvalue weighted by Gasteiger charge is 2.33. The average molecular weight is 362 g/mol. The summed E-state index contributed by atoms with van der Waals surface area (Å²) in [6.45, 7) is 3.88. The SMILES string of the molecule is O=C1C(=O)c2ccccc2C(NCc2ccccc2)=C1CN1CCOCC1. The van der Waals surface area contributed by atoms with Crippen molar-refractivity contribution in [2.75, 3.05) is 32.8 Å². The lowest BCUT2D eigenvalue weighted by Crippen LogP contribution is -2.41. The number of hydrogen-bond donors (Lipinski definition) is 1. The second kappa shape index (κ2) is 7.86. The third kappa shape index (κ3) is 3.70. The molecule has 0 radical (unpaired) electrons. The molecular formula is C22H22N2O3. The fourth-order valence-corrected chi connectivity index (χ4v) is 3.56. The van der Waals surface area contributed by atoms with Gasteiger partial charge in [0.2, 0.25) is 11.6 Å². The summed E-state index contributed by atoms with van der Waals surface area (Å²) in [6.07, 6.45) is 0. The molecule has 0 atom stereocenters. The third-order valence-electron chi connectivity index (χ3n) is 5.02. The van der Waals surface area contributed by atoms with Crippen molar-refractivity contribution in [3.05, 3.63) is 76.9 Å². The Labute approximate surface area is 158 Å². The molecule has 0 bridgehead atoms. The molecule has 2 aromatic carbocycles. The molecule has 0 unspecified atom stereocenters. The first-order valence-corrected chi connectivity index (χ1v) is 9.23. The number of nitrogens with one attached hydrogen (secondary N) is 1. The van der Waals surface area contributed by atoms with Gasteiger partial charge in [-0.3, -0.25) is 14.5 Å². The molecule has 1 N–H and O–H groups in total. The van der Waals surface area contributed by atoms with Gasteiger partial charge in [0.25, 0.3) is 0 Å². The summed E-state index contributed by atoms with van der Waals surface area (Å²) in [6, 6.07) is 17.4. The molecule has 138 valence electrons. The maximum Gasteiger partial charge on any atom is 0.233 e. The van der Waals surface area contributed by atoms with Gasteiger partial charge >= 0.3 is 0 Å². The molecule has 0 spiro atoms. The highest BCUT2D eigenvalue weighted by atomic mass is 16.5. The number of nitrogens with zero attached hydrogens (tertiary/aromatic N) is 1. The highest BCUT2D eigenvalue weighted by Crippen LogP contribution is 2.29. The minimum absolute atomic E-state index is 0.407. The summed E-state index contributed by atoms with van der Waals surface area (Å²) in [5.41, 5.74) is 3.73. The van der Waals surface area contributed by atoms with Gasteiger partial charge in [-0.15, -0.1) is 0 Å². The van der Waals surface area contributed by atoms with Crippen molar-refractivity contribution in [2.45, 2.75) is 6.54 Å². The Morgan fingerprint density at radius 2 is 1.52 bits per heavy atom. The zero-order valence-electron chi connectivity index (χ0n) is 15.1. The Morgan fingerprint density at radius 1 is 0.852 bits per heavy atom. The second-order valence-corrected chi connectivity index (χ2v) is 6.79. The molecule has 1 fully saturated rings. The van der Waals surface area contributed by atoms with Crippen molar-refractivity contribution in [3.8, 4) is 0 Å². The van der Waals surface area contributed by atoms with Crippen LogP contribution in [0.3, 0.4) is 0 Å². The Balaban J connectivity index is 1.70. The molecule has 5 heteroatoms. The molecule has 4 rings (SSSR count). The van der Waals surface area contributed by atoms with E-state index in [0.717, 1.165) is 29.9 Å². The van der Waals surface area contributed by atoms with Crippen LogP contribution in [-0.4, -0.2) is 49.3 Å². The topological polar surface area (TPSA) is 58.6 Å². The number of Topliss-reactive ketones (excluding diaryl/α,β-unsaturated/α-hetero) is 2. The van der Waals surface area contributed by atoms with Gasteiger partial charge in [-0.1, -0.05) is 54.6 Å². The van der Waals surface area contributed by atoms with E-state index in [1.165, 1.54) is 0 Å². The average Bonchev–Trinajstić information content (AvgIpc) is 2.73. The minimum atomic E-state index is -0.417. The fraction of sp³-hybridized carbons (Fsp3) is 0.273. The first-order valence-electron chi connectivity index (χ1n) is 9.23. The van der Waals surface area contributed by atoms with Crippen LogP contribution in [-0.2, 0) is 16.1 Å². The Hall–Kier alpha value is -2.76. The van der Waals surface area contributed by atoms with E-state index in [1.807, 2.05) is 42.5 Å². The van der Waals surface area contributed by atoms with E-state index in [0.29, 0.717) is 37.4 Å². The number of hydrogen-bond acceptors (Lipinski definition) is 5. The monoisotopic (exact) mass is 362 g/mol. The van der Waals surface area contributed by atoms with Crippen molar-refractivity contribution in [3.63, 3.8) is 0 Å². The lowest BCUT2D eigenvalue weighted by atomic mass is 9.86. The third-order valence-corrected chi connectivity index (χ3v) is 5.02. The van der Waals surface area contributed by atoms with Crippen molar-refractivity contribution in [1.29, 1.82) is 0 Å². The van der Waals surface area contributed by atoms with E-state index >= 15 is 0 Å². The van der Waals surface area contributed by atoms with Gasteiger partial charge in [0.15, 0.2) is 0 Å². The molecule has 0 saturated carbocycles. The summed E-state index contributed by atoms with van der Waals surface area (Å²) in [7, 11) is 0. The highest BCUT2D eigenvalue weighted by molar-refractivity contribution is 6.52. The van der Waals surface area contributed by atoms with Gasteiger partial charge in [0.05, 0.1) is 18.9 Å². The number of carbonyl (C=O) groups is 2. The van der Waals surface area contributed by atoms with Crippen LogP contribution in [0, 0.1) is 0 Å². The van der Waals surface area contributed by atoms with Crippen LogP contribution in [0.5, 0.6) is 0 Å². The Morgan fingerprint density at radius 3 is 2.26 bits per heavy atom. The number of morpholine rings is 1. The molecule has 1 heterocycles. The summed E-state index contributed by atoms with van der Waals surface area (Å²) in [4.78, 5) is 27.7. The summed E-state index contributed by atoms with van der Waals surface area (Å²) in [5.74, 6) is -0.824. The van der Waals surface area contributed by atoms with Gasteiger partial charge in [0, 0.05) is 42.9 Å². The second-order valence-electron chi connectivity index (χ2n) is 6.79. The molecule has 1 saturated heterocycles. The van der Waals surface area contributed by atoms with Crippen molar-refractivity contribution < 1.29 is 14.3 Å². The molecule has 2 aromatic rings. The standard InChI is InChI=1S/C22H22N2O3/c25-21-18-9-5-4-8-17(18)20(23-14-16-6-2-1-3-7-16)19(22(21)26)15-24-10-12-27-13-11-24/h1-9,23H,10-15H2. The summed E-state index contributed by atoms with van der Waals surface area (Å²) >= 11 is 0. The predicted molar refractivity (Wildman–Crippen MR) is 103 cm³/mol. The lowest BCUT2D eigenvalue weighted by Gasteiger charge is -2.30. The van der Waals surface area contributed by atoms with Gasteiger partial charge in [0.1, 0.15) is 0 Å². The number of benzene rings is 2. The number of rotatable bonds is 5. The van der Waals surface area contributed by atoms with Crippen molar-refractivity contribution in [1.82, 2.24) is 10.2 Å². The molecular weight excluding hydrogens is 340 g/mol. The van der Waals surface area contributed by atoms with Gasteiger partial charge in [-0.25, -0.2) is 0 Å². The zero-order chi connectivity index (χ0) is 18.6. The first-order chi connectivity index (χ1) is 13.2. The van der Waals surface area contributed by atoms with E-state index in [2.05, 4.69) is 10.2 Å². The summed E-state index contributed by atoms with van der Waals surface area (Å²) in [5, 5.41) is 3.43. The Kier molecular flexibility index (Phi) is 5.14. The van der Waals surface area contributed by atoms with Crippen LogP contribution < -0.4 is 5.32 Å². The number of fused-ring (bicyclic) bond motifs is 1. The zero-order valence-corrected chi connectivity index (χ0v) is 15.1. The number of carbonyl (C=O) groups excluding carboxylic acids is 2. The molecule has 0 amide bonds. The lowest BCUT2D eigenvalue weighted by molar-refractivity contribution is -0.112.